The third-order valence-corrected chi connectivity index (χ3v) is 20.0. The fourth-order valence-corrected chi connectivity index (χ4v) is 15.1. The summed E-state index contributed by atoms with van der Waals surface area (Å²) >= 11 is 0. The summed E-state index contributed by atoms with van der Waals surface area (Å²) in [5, 5.41) is 2.46. The second-order valence-corrected chi connectivity index (χ2v) is 26.3. The molecule has 4 heterocycles. The van der Waals surface area contributed by atoms with Crippen molar-refractivity contribution in [3.05, 3.63) is 349 Å². The van der Waals surface area contributed by atoms with Gasteiger partial charge in [0.1, 0.15) is 5.82 Å². The molecule has 0 fully saturated rings. The number of fused-ring (bicyclic) bond motifs is 6. The van der Waals surface area contributed by atoms with Gasteiger partial charge in [0.05, 0.1) is 11.0 Å². The SMILES string of the molecule is Cc1cc(-c2[c-]cc(-c3ccccc3-c3cc(-c4ccccc4-c4c[c-]c(-c5ccccn5)cc4C)cc(-c4ccccc4-c4c[c-]c(-c5ccccn5)cc4C)c3)c(-c3ccc(-n4c5ccccc5c5cc6c(cc54)C(C)(C)c4ccccc4-6)cc3)c2)ncc1-c1ccc(F)cc1.[Ir+3]. The molecule has 0 saturated carbocycles. The van der Waals surface area contributed by atoms with Gasteiger partial charge in [-0.2, -0.15) is 0 Å². The summed E-state index contributed by atoms with van der Waals surface area (Å²) in [6.45, 7) is 11.2. The zero-order valence-corrected chi connectivity index (χ0v) is 57.7. The third kappa shape index (κ3) is 11.1. The maximum Gasteiger partial charge on any atom is 3.00 e. The molecule has 0 saturated heterocycles. The van der Waals surface area contributed by atoms with E-state index in [1.165, 1.54) is 50.7 Å². The maximum atomic E-state index is 14.2. The van der Waals surface area contributed by atoms with Crippen LogP contribution >= 0.6 is 0 Å². The number of para-hydroxylation sites is 1. The minimum absolute atomic E-state index is 0. The van der Waals surface area contributed by atoms with Crippen molar-refractivity contribution in [1.82, 2.24) is 19.5 Å². The summed E-state index contributed by atoms with van der Waals surface area (Å²) in [6, 6.07) is 110. The van der Waals surface area contributed by atoms with Crippen LogP contribution in [-0.2, 0) is 25.5 Å². The van der Waals surface area contributed by atoms with Crippen LogP contribution in [0.1, 0.15) is 41.7 Å². The van der Waals surface area contributed by atoms with Gasteiger partial charge in [-0.15, -0.1) is 82.4 Å². The molecule has 0 atom stereocenters. The van der Waals surface area contributed by atoms with Crippen LogP contribution in [0.4, 0.5) is 4.39 Å². The number of nitrogens with zero attached hydrogens (tertiary/aromatic N) is 4. The molecule has 0 aliphatic heterocycles. The third-order valence-electron chi connectivity index (χ3n) is 20.0. The molecule has 0 N–H and O–H groups in total. The summed E-state index contributed by atoms with van der Waals surface area (Å²) in [5.41, 5.74) is 34.1. The Kier molecular flexibility index (Phi) is 16.0. The summed E-state index contributed by atoms with van der Waals surface area (Å²) in [7, 11) is 0. The zero-order chi connectivity index (χ0) is 66.2. The van der Waals surface area contributed by atoms with E-state index in [4.69, 9.17) is 4.98 Å². The molecule has 0 bridgehead atoms. The van der Waals surface area contributed by atoms with Crippen LogP contribution < -0.4 is 0 Å². The fourth-order valence-electron chi connectivity index (χ4n) is 15.1. The topological polar surface area (TPSA) is 43.6 Å². The first kappa shape index (κ1) is 62.3. The van der Waals surface area contributed by atoms with Crippen LogP contribution in [0.25, 0.3) is 161 Å². The van der Waals surface area contributed by atoms with Crippen molar-refractivity contribution in [2.24, 2.45) is 0 Å². The van der Waals surface area contributed by atoms with Gasteiger partial charge in [0.2, 0.25) is 0 Å². The molecule has 16 aromatic rings. The van der Waals surface area contributed by atoms with Crippen LogP contribution in [0.15, 0.2) is 298 Å². The van der Waals surface area contributed by atoms with Crippen molar-refractivity contribution in [3.8, 4) is 140 Å². The molecule has 17 rings (SSSR count). The van der Waals surface area contributed by atoms with Gasteiger partial charge in [0.15, 0.2) is 0 Å². The van der Waals surface area contributed by atoms with Crippen molar-refractivity contribution >= 4 is 21.8 Å². The van der Waals surface area contributed by atoms with Gasteiger partial charge in [-0.25, -0.2) is 4.39 Å². The van der Waals surface area contributed by atoms with E-state index in [2.05, 4.69) is 286 Å². The largest absolute Gasteiger partial charge is 3.00 e. The molecule has 0 unspecified atom stereocenters. The quantitative estimate of drug-likeness (QED) is 0.115. The molecule has 1 aliphatic rings. The minimum Gasteiger partial charge on any atom is -0.309 e. The van der Waals surface area contributed by atoms with Gasteiger partial charge in [0.25, 0.3) is 0 Å². The van der Waals surface area contributed by atoms with Gasteiger partial charge < -0.3 is 19.5 Å². The maximum absolute atomic E-state index is 14.2. The Hall–Kier alpha value is -11.5. The Balaban J connectivity index is 0.00000764. The molecular formula is C93H64FIrN4. The van der Waals surface area contributed by atoms with E-state index < -0.39 is 0 Å². The molecule has 4 aromatic heterocycles. The van der Waals surface area contributed by atoms with Crippen molar-refractivity contribution in [3.63, 3.8) is 0 Å². The van der Waals surface area contributed by atoms with E-state index in [9.17, 15) is 4.39 Å². The molecular weight excluding hydrogens is 1380 g/mol. The van der Waals surface area contributed by atoms with Gasteiger partial charge in [0, 0.05) is 46.0 Å². The molecule has 4 nitrogen and oxygen atoms in total. The first-order chi connectivity index (χ1) is 48.0. The first-order valence-electron chi connectivity index (χ1n) is 33.4. The van der Waals surface area contributed by atoms with Crippen molar-refractivity contribution in [2.75, 3.05) is 0 Å². The van der Waals surface area contributed by atoms with Crippen LogP contribution in [0.3, 0.4) is 0 Å². The standard InChI is InChI=1S/C93H64FN4.Ir/c1-58-48-63(88-29-16-18-46-95-88)36-43-71(58)76-23-9-6-20-73(76)66-51-67(74-21-7-10-24-77(74)72-44-37-64(49-59(72)2)89-30-17-19-47-96-89)53-68(52-66)75-22-8-11-25-78(75)79-45-38-65(90-50-60(3)85(57-97-90)62-32-39-69(94)40-33-62)54-82(79)61-34-41-70(42-35-61)98-91-31-15-13-27-81(91)84-55-83-80-26-12-14-28-86(80)93(4,5)87(83)56-92(84)98;/h6-35,39-57H,1-5H3;/q-3;+3. The van der Waals surface area contributed by atoms with E-state index in [-0.39, 0.29) is 31.3 Å². The Morgan fingerprint density at radius 3 is 1.33 bits per heavy atom. The van der Waals surface area contributed by atoms with Gasteiger partial charge in [-0.05, 0) is 169 Å². The summed E-state index contributed by atoms with van der Waals surface area (Å²) in [6.07, 6.45) is 5.57. The van der Waals surface area contributed by atoms with Crippen LogP contribution in [0.5, 0.6) is 0 Å². The zero-order valence-electron chi connectivity index (χ0n) is 55.3. The van der Waals surface area contributed by atoms with Crippen molar-refractivity contribution < 1.29 is 24.5 Å². The number of halogens is 1. The van der Waals surface area contributed by atoms with Crippen LogP contribution in [0, 0.1) is 44.8 Å². The van der Waals surface area contributed by atoms with E-state index >= 15 is 0 Å². The average molecular weight is 1450 g/mol. The Bertz CT molecular complexity index is 5660. The van der Waals surface area contributed by atoms with Gasteiger partial charge in [-0.3, -0.25) is 0 Å². The molecule has 0 radical (unpaired) electrons. The number of rotatable bonds is 12. The number of hydrogen-bond acceptors (Lipinski definition) is 3. The van der Waals surface area contributed by atoms with E-state index in [1.807, 2.05) is 67.1 Å². The summed E-state index contributed by atoms with van der Waals surface area (Å²) < 4.78 is 16.6. The Labute approximate surface area is 590 Å². The second kappa shape index (κ2) is 25.5. The molecule has 12 aromatic carbocycles. The second-order valence-electron chi connectivity index (χ2n) is 26.3. The van der Waals surface area contributed by atoms with Crippen molar-refractivity contribution in [1.29, 1.82) is 0 Å². The van der Waals surface area contributed by atoms with Crippen molar-refractivity contribution in [2.45, 2.75) is 40.0 Å². The fraction of sp³-hybridized carbons (Fsp3) is 0.0645. The predicted molar refractivity (Wildman–Crippen MR) is 402 cm³/mol. The van der Waals surface area contributed by atoms with E-state index in [0.717, 1.165) is 151 Å². The average Bonchev–Trinajstić information content (AvgIpc) is 1.58. The molecule has 99 heavy (non-hydrogen) atoms. The van der Waals surface area contributed by atoms with Gasteiger partial charge >= 0.3 is 20.1 Å². The number of pyridine rings is 3. The summed E-state index contributed by atoms with van der Waals surface area (Å²) in [5.74, 6) is -0.272. The number of aryl methyl sites for hydroxylation is 3. The van der Waals surface area contributed by atoms with E-state index in [1.54, 1.807) is 0 Å². The molecule has 0 spiro atoms. The van der Waals surface area contributed by atoms with Crippen LogP contribution in [-0.4, -0.2) is 19.5 Å². The van der Waals surface area contributed by atoms with E-state index in [0.29, 0.717) is 0 Å². The number of aromatic nitrogens is 4. The van der Waals surface area contributed by atoms with Gasteiger partial charge in [-0.1, -0.05) is 236 Å². The Morgan fingerprint density at radius 1 is 0.323 bits per heavy atom. The monoisotopic (exact) mass is 1450 g/mol. The molecule has 0 amide bonds. The molecule has 1 aliphatic carbocycles. The van der Waals surface area contributed by atoms with Crippen LogP contribution in [0.2, 0.25) is 0 Å². The number of hydrogen-bond donors (Lipinski definition) is 0. The normalized spacial score (nSPS) is 12.1. The Morgan fingerprint density at radius 2 is 0.788 bits per heavy atom. The smallest absolute Gasteiger partial charge is 0.309 e. The number of benzene rings is 12. The predicted octanol–water partition coefficient (Wildman–Crippen LogP) is 24.1. The minimum atomic E-state index is -0.272. The molecule has 6 heteroatoms. The summed E-state index contributed by atoms with van der Waals surface area (Å²) in [4.78, 5) is 14.5. The first-order valence-corrected chi connectivity index (χ1v) is 33.4. The molecule has 472 valence electrons.